The van der Waals surface area contributed by atoms with Gasteiger partial charge in [-0.2, -0.15) is 5.26 Å². The molecule has 24 heavy (non-hydrogen) atoms. The van der Waals surface area contributed by atoms with Gasteiger partial charge in [-0.15, -0.1) is 0 Å². The first kappa shape index (κ1) is 15.9. The highest BCUT2D eigenvalue weighted by Gasteiger charge is 2.36. The number of nitrogens with one attached hydrogen (secondary N) is 1. The van der Waals surface area contributed by atoms with Gasteiger partial charge in [0.25, 0.3) is 5.91 Å². The summed E-state index contributed by atoms with van der Waals surface area (Å²) in [5, 5.41) is 12.0. The van der Waals surface area contributed by atoms with E-state index in [1.165, 1.54) is 13.2 Å². The Bertz CT molecular complexity index is 829. The molecule has 2 atom stereocenters. The summed E-state index contributed by atoms with van der Waals surface area (Å²) < 4.78 is 10.9. The van der Waals surface area contributed by atoms with Crippen LogP contribution in [-0.4, -0.2) is 13.0 Å². The molecule has 1 aliphatic carbocycles. The van der Waals surface area contributed by atoms with Gasteiger partial charge in [0.05, 0.1) is 12.8 Å². The van der Waals surface area contributed by atoms with Crippen molar-refractivity contribution in [3.63, 3.8) is 0 Å². The van der Waals surface area contributed by atoms with Crippen LogP contribution in [0.25, 0.3) is 6.08 Å². The van der Waals surface area contributed by atoms with Crippen molar-refractivity contribution in [3.05, 3.63) is 53.5 Å². The van der Waals surface area contributed by atoms with Crippen molar-refractivity contribution in [3.8, 4) is 11.8 Å². The second-order valence-corrected chi connectivity index (χ2v) is 5.88. The molecule has 1 N–H and O–H groups in total. The molecule has 2 aromatic rings. The molecule has 0 unspecified atom stereocenters. The molecule has 0 bridgehead atoms. The van der Waals surface area contributed by atoms with E-state index in [2.05, 4.69) is 12.2 Å². The lowest BCUT2D eigenvalue weighted by atomic mass is 10.2. The van der Waals surface area contributed by atoms with Crippen molar-refractivity contribution in [2.75, 3.05) is 12.4 Å². The summed E-state index contributed by atoms with van der Waals surface area (Å²) in [7, 11) is 1.52. The van der Waals surface area contributed by atoms with Crippen LogP contribution in [0.15, 0.2) is 46.4 Å². The molecule has 0 spiro atoms. The van der Waals surface area contributed by atoms with Gasteiger partial charge in [0.1, 0.15) is 28.9 Å². The van der Waals surface area contributed by atoms with Gasteiger partial charge < -0.3 is 14.5 Å². The number of para-hydroxylation sites is 2. The molecule has 1 aliphatic rings. The van der Waals surface area contributed by atoms with E-state index in [4.69, 9.17) is 9.15 Å². The molecule has 5 heteroatoms. The molecule has 3 rings (SSSR count). The number of carbonyl (C=O) groups is 1. The molecule has 1 heterocycles. The quantitative estimate of drug-likeness (QED) is 0.668. The molecule has 0 saturated heterocycles. The van der Waals surface area contributed by atoms with E-state index in [1.54, 1.807) is 30.3 Å². The predicted molar refractivity (Wildman–Crippen MR) is 90.4 cm³/mol. The smallest absolute Gasteiger partial charge is 0.266 e. The number of methoxy groups -OCH3 is 1. The van der Waals surface area contributed by atoms with E-state index in [1.807, 2.05) is 12.1 Å². The van der Waals surface area contributed by atoms with Crippen molar-refractivity contribution in [1.82, 2.24) is 0 Å². The van der Waals surface area contributed by atoms with E-state index in [-0.39, 0.29) is 5.57 Å². The van der Waals surface area contributed by atoms with Crippen LogP contribution < -0.4 is 10.1 Å². The first-order valence-electron chi connectivity index (χ1n) is 7.78. The fraction of sp³-hybridized carbons (Fsp3) is 0.263. The van der Waals surface area contributed by atoms with Crippen molar-refractivity contribution in [2.45, 2.75) is 19.3 Å². The summed E-state index contributed by atoms with van der Waals surface area (Å²) >= 11 is 0. The lowest BCUT2D eigenvalue weighted by Gasteiger charge is -2.08. The fourth-order valence-corrected chi connectivity index (χ4v) is 2.59. The minimum Gasteiger partial charge on any atom is -0.495 e. The summed E-state index contributed by atoms with van der Waals surface area (Å²) in [4.78, 5) is 12.3. The molecule has 1 aromatic heterocycles. The highest BCUT2D eigenvalue weighted by molar-refractivity contribution is 6.10. The number of nitriles is 1. The minimum atomic E-state index is -0.500. The Balaban J connectivity index is 1.76. The maximum atomic E-state index is 12.3. The highest BCUT2D eigenvalue weighted by atomic mass is 16.5. The molecular weight excluding hydrogens is 304 g/mol. The van der Waals surface area contributed by atoms with Crippen LogP contribution in [0.5, 0.6) is 5.75 Å². The number of anilines is 1. The lowest BCUT2D eigenvalue weighted by molar-refractivity contribution is -0.112. The molecule has 1 amide bonds. The van der Waals surface area contributed by atoms with Crippen molar-refractivity contribution >= 4 is 17.7 Å². The number of hydrogen-bond donors (Lipinski definition) is 1. The van der Waals surface area contributed by atoms with Gasteiger partial charge in [-0.05, 0) is 36.6 Å². The van der Waals surface area contributed by atoms with Gasteiger partial charge in [-0.25, -0.2) is 0 Å². The van der Waals surface area contributed by atoms with Crippen LogP contribution in [0.3, 0.4) is 0 Å². The topological polar surface area (TPSA) is 75.3 Å². The third-order valence-electron chi connectivity index (χ3n) is 4.13. The summed E-state index contributed by atoms with van der Waals surface area (Å²) in [6, 6.07) is 12.7. The molecule has 1 aromatic carbocycles. The molecule has 0 aliphatic heterocycles. The molecule has 5 nitrogen and oxygen atoms in total. The average molecular weight is 322 g/mol. The second-order valence-electron chi connectivity index (χ2n) is 5.88. The maximum Gasteiger partial charge on any atom is 0.266 e. The molecule has 1 fully saturated rings. The van der Waals surface area contributed by atoms with Gasteiger partial charge in [-0.1, -0.05) is 19.1 Å². The number of nitrogens with zero attached hydrogens (tertiary/aromatic N) is 1. The SMILES string of the molecule is COc1ccccc1NC(=O)/C(C#N)=C/c1ccc([C@H]2C[C@H]2C)o1. The van der Waals surface area contributed by atoms with Gasteiger partial charge in [0, 0.05) is 12.0 Å². The van der Waals surface area contributed by atoms with Gasteiger partial charge in [0.2, 0.25) is 0 Å². The monoisotopic (exact) mass is 322 g/mol. The largest absolute Gasteiger partial charge is 0.495 e. The molecule has 122 valence electrons. The third kappa shape index (κ3) is 3.33. The van der Waals surface area contributed by atoms with Gasteiger partial charge in [0.15, 0.2) is 0 Å². The molecule has 1 saturated carbocycles. The zero-order valence-corrected chi connectivity index (χ0v) is 13.6. The Kier molecular flexibility index (Phi) is 4.39. The second kappa shape index (κ2) is 6.63. The van der Waals surface area contributed by atoms with Crippen molar-refractivity contribution in [1.29, 1.82) is 5.26 Å². The van der Waals surface area contributed by atoms with Crippen LogP contribution in [0.4, 0.5) is 5.69 Å². The first-order valence-corrected chi connectivity index (χ1v) is 7.78. The van der Waals surface area contributed by atoms with E-state index in [0.29, 0.717) is 29.0 Å². The summed E-state index contributed by atoms with van der Waals surface area (Å²) in [6.45, 7) is 2.17. The van der Waals surface area contributed by atoms with E-state index in [0.717, 1.165) is 12.2 Å². The Morgan fingerprint density at radius 1 is 1.38 bits per heavy atom. The van der Waals surface area contributed by atoms with Crippen molar-refractivity contribution in [2.24, 2.45) is 5.92 Å². The van der Waals surface area contributed by atoms with E-state index < -0.39 is 5.91 Å². The standard InChI is InChI=1S/C19H18N2O3/c1-12-9-15(12)17-8-7-14(24-17)10-13(11-20)19(22)21-16-5-3-4-6-18(16)23-2/h3-8,10,12,15H,9H2,1-2H3,(H,21,22)/b13-10+/t12-,15+/m1/s1. The zero-order valence-electron chi connectivity index (χ0n) is 13.6. The number of ether oxygens (including phenoxy) is 1. The molecular formula is C19H18N2O3. The minimum absolute atomic E-state index is 0.0225. The first-order chi connectivity index (χ1) is 11.6. The maximum absolute atomic E-state index is 12.3. The Hall–Kier alpha value is -3.00. The Morgan fingerprint density at radius 3 is 2.79 bits per heavy atom. The van der Waals surface area contributed by atoms with Crippen LogP contribution >= 0.6 is 0 Å². The van der Waals surface area contributed by atoms with Crippen LogP contribution in [-0.2, 0) is 4.79 Å². The number of rotatable bonds is 5. The summed E-state index contributed by atoms with van der Waals surface area (Å²) in [6.07, 6.45) is 2.58. The average Bonchev–Trinajstić information content (AvgIpc) is 3.14. The third-order valence-corrected chi connectivity index (χ3v) is 4.13. The normalized spacial score (nSPS) is 19.5. The molecule has 0 radical (unpaired) electrons. The summed E-state index contributed by atoms with van der Waals surface area (Å²) in [5.74, 6) is 2.55. The van der Waals surface area contributed by atoms with Gasteiger partial charge in [-0.3, -0.25) is 4.79 Å². The summed E-state index contributed by atoms with van der Waals surface area (Å²) in [5.41, 5.74) is 0.490. The zero-order chi connectivity index (χ0) is 17.1. The van der Waals surface area contributed by atoms with E-state index >= 15 is 0 Å². The highest BCUT2D eigenvalue weighted by Crippen LogP contribution is 2.47. The lowest BCUT2D eigenvalue weighted by Crippen LogP contribution is -2.14. The van der Waals surface area contributed by atoms with Crippen LogP contribution in [0, 0.1) is 17.2 Å². The van der Waals surface area contributed by atoms with E-state index in [9.17, 15) is 10.1 Å². The van der Waals surface area contributed by atoms with Gasteiger partial charge >= 0.3 is 0 Å². The fourth-order valence-electron chi connectivity index (χ4n) is 2.59. The van der Waals surface area contributed by atoms with Crippen molar-refractivity contribution < 1.29 is 13.9 Å². The van der Waals surface area contributed by atoms with Crippen LogP contribution in [0.2, 0.25) is 0 Å². The number of furan rings is 1. The predicted octanol–water partition coefficient (Wildman–Crippen LogP) is 3.96. The Labute approximate surface area is 140 Å². The Morgan fingerprint density at radius 2 is 2.12 bits per heavy atom. The number of hydrogen-bond acceptors (Lipinski definition) is 4. The number of amides is 1. The number of benzene rings is 1. The van der Waals surface area contributed by atoms with Crippen LogP contribution in [0.1, 0.15) is 30.8 Å². The number of carbonyl (C=O) groups excluding carboxylic acids is 1.